The van der Waals surface area contributed by atoms with Gasteiger partial charge in [0.2, 0.25) is 0 Å². The number of unbranched alkanes of at least 4 members (excludes halogenated alkanes) is 14. The number of hydrogen-bond donors (Lipinski definition) is 1. The molecule has 0 radical (unpaired) electrons. The van der Waals surface area contributed by atoms with E-state index in [0.717, 1.165) is 12.8 Å². The molecular weight excluding hydrogens is 336 g/mol. The molecule has 1 saturated heterocycles. The monoisotopic (exact) mass is 380 g/mol. The molecule has 0 aromatic heterocycles. The van der Waals surface area contributed by atoms with Gasteiger partial charge in [-0.1, -0.05) is 104 Å². The van der Waals surface area contributed by atoms with Crippen LogP contribution in [0, 0.1) is 5.92 Å². The first-order valence-electron chi connectivity index (χ1n) is 11.8. The second kappa shape index (κ2) is 16.0. The van der Waals surface area contributed by atoms with Crippen molar-refractivity contribution in [2.45, 2.75) is 129 Å². The van der Waals surface area contributed by atoms with Crippen LogP contribution in [-0.4, -0.2) is 17.2 Å². The third-order valence-electron chi connectivity index (χ3n) is 5.78. The fourth-order valence-electron chi connectivity index (χ4n) is 3.86. The van der Waals surface area contributed by atoms with Crippen molar-refractivity contribution in [1.82, 2.24) is 0 Å². The van der Waals surface area contributed by atoms with Crippen molar-refractivity contribution in [2.75, 3.05) is 0 Å². The average molecular weight is 381 g/mol. The van der Waals surface area contributed by atoms with Crippen molar-refractivity contribution in [1.29, 1.82) is 0 Å². The lowest BCUT2D eigenvalue weighted by Gasteiger charge is -2.32. The first-order valence-corrected chi connectivity index (χ1v) is 11.8. The lowest BCUT2D eigenvalue weighted by atomic mass is 9.93. The summed E-state index contributed by atoms with van der Waals surface area (Å²) < 4.78 is 5.07. The molecule has 0 aliphatic carbocycles. The van der Waals surface area contributed by atoms with E-state index < -0.39 is 0 Å². The SMILES string of the molecule is CCCCCCCCCCCCCCCCC/C(O)=C/[C@@H]1OC(=O)[C@H]1CC. The van der Waals surface area contributed by atoms with Crippen LogP contribution in [0.15, 0.2) is 11.8 Å². The summed E-state index contributed by atoms with van der Waals surface area (Å²) in [6, 6.07) is 0. The summed E-state index contributed by atoms with van der Waals surface area (Å²) in [4.78, 5) is 11.2. The maximum absolute atomic E-state index is 11.2. The van der Waals surface area contributed by atoms with Crippen LogP contribution in [-0.2, 0) is 9.53 Å². The Hall–Kier alpha value is -0.990. The third-order valence-corrected chi connectivity index (χ3v) is 5.78. The van der Waals surface area contributed by atoms with E-state index in [1.807, 2.05) is 6.92 Å². The maximum Gasteiger partial charge on any atom is 0.313 e. The summed E-state index contributed by atoms with van der Waals surface area (Å²) in [5, 5.41) is 9.96. The van der Waals surface area contributed by atoms with E-state index in [9.17, 15) is 9.90 Å². The highest BCUT2D eigenvalue weighted by molar-refractivity contribution is 5.79. The molecular formula is C24H44O3. The number of carbonyl (C=O) groups excluding carboxylic acids is 1. The zero-order chi connectivity index (χ0) is 19.7. The second-order valence-electron chi connectivity index (χ2n) is 8.27. The fourth-order valence-corrected chi connectivity index (χ4v) is 3.86. The normalized spacial score (nSPS) is 19.8. The number of carbonyl (C=O) groups is 1. The minimum absolute atomic E-state index is 0.0480. The van der Waals surface area contributed by atoms with Gasteiger partial charge in [-0.15, -0.1) is 0 Å². The Morgan fingerprint density at radius 3 is 1.67 bits per heavy atom. The van der Waals surface area contributed by atoms with Gasteiger partial charge in [-0.25, -0.2) is 0 Å². The number of hydrogen-bond acceptors (Lipinski definition) is 3. The Bertz CT molecular complexity index is 402. The number of ether oxygens (including phenoxy) is 1. The largest absolute Gasteiger partial charge is 0.513 e. The Balaban J connectivity index is 1.82. The molecule has 2 atom stereocenters. The molecule has 0 aromatic carbocycles. The first-order chi connectivity index (χ1) is 13.2. The average Bonchev–Trinajstić information content (AvgIpc) is 2.64. The van der Waals surface area contributed by atoms with Crippen LogP contribution in [0.2, 0.25) is 0 Å². The minimum atomic E-state index is -0.196. The Morgan fingerprint density at radius 2 is 1.26 bits per heavy atom. The van der Waals surface area contributed by atoms with Gasteiger partial charge in [0.15, 0.2) is 0 Å². The standard InChI is InChI=1S/C24H44O3/c1-3-5-6-7-8-9-10-11-12-13-14-15-16-17-18-19-21(25)20-23-22(4-2)24(26)27-23/h20,22-23,25H,3-19H2,1-2H3/b21-20-/t22-,23-/m0/s1. The van der Waals surface area contributed by atoms with Crippen molar-refractivity contribution >= 4 is 5.97 Å². The van der Waals surface area contributed by atoms with E-state index in [2.05, 4.69) is 6.92 Å². The van der Waals surface area contributed by atoms with E-state index in [1.165, 1.54) is 89.9 Å². The van der Waals surface area contributed by atoms with E-state index in [1.54, 1.807) is 6.08 Å². The van der Waals surface area contributed by atoms with Gasteiger partial charge in [0.25, 0.3) is 0 Å². The molecule has 3 heteroatoms. The molecule has 0 spiro atoms. The van der Waals surface area contributed by atoms with E-state index in [4.69, 9.17) is 4.74 Å². The van der Waals surface area contributed by atoms with Crippen molar-refractivity contribution in [3.63, 3.8) is 0 Å². The van der Waals surface area contributed by atoms with Crippen LogP contribution in [0.1, 0.15) is 123 Å². The van der Waals surface area contributed by atoms with Crippen molar-refractivity contribution in [3.8, 4) is 0 Å². The summed E-state index contributed by atoms with van der Waals surface area (Å²) in [5.74, 6) is 0.215. The molecule has 1 fully saturated rings. The summed E-state index contributed by atoms with van der Waals surface area (Å²) in [7, 11) is 0. The predicted molar refractivity (Wildman–Crippen MR) is 114 cm³/mol. The van der Waals surface area contributed by atoms with Gasteiger partial charge in [0.05, 0.1) is 11.7 Å². The highest BCUT2D eigenvalue weighted by Crippen LogP contribution is 2.27. The molecule has 1 N–H and O–H groups in total. The molecule has 0 unspecified atom stereocenters. The van der Waals surface area contributed by atoms with Crippen LogP contribution < -0.4 is 0 Å². The number of aliphatic hydroxyl groups is 1. The molecule has 27 heavy (non-hydrogen) atoms. The Labute approximate surface area is 168 Å². The van der Waals surface area contributed by atoms with Gasteiger partial charge < -0.3 is 9.84 Å². The van der Waals surface area contributed by atoms with Gasteiger partial charge in [0.1, 0.15) is 6.10 Å². The Morgan fingerprint density at radius 1 is 0.815 bits per heavy atom. The van der Waals surface area contributed by atoms with Gasteiger partial charge in [0, 0.05) is 6.42 Å². The van der Waals surface area contributed by atoms with Gasteiger partial charge >= 0.3 is 5.97 Å². The molecule has 0 bridgehead atoms. The zero-order valence-electron chi connectivity index (χ0n) is 18.0. The van der Waals surface area contributed by atoms with E-state index in [0.29, 0.717) is 12.2 Å². The molecule has 1 aliphatic heterocycles. The minimum Gasteiger partial charge on any atom is -0.513 e. The van der Waals surface area contributed by atoms with Crippen molar-refractivity contribution < 1.29 is 14.6 Å². The quantitative estimate of drug-likeness (QED) is 0.151. The highest BCUT2D eigenvalue weighted by atomic mass is 16.6. The lowest BCUT2D eigenvalue weighted by Crippen LogP contribution is -2.43. The topological polar surface area (TPSA) is 46.5 Å². The zero-order valence-corrected chi connectivity index (χ0v) is 18.0. The highest BCUT2D eigenvalue weighted by Gasteiger charge is 2.39. The number of rotatable bonds is 18. The molecule has 1 heterocycles. The summed E-state index contributed by atoms with van der Waals surface area (Å²) in [6.45, 7) is 4.26. The summed E-state index contributed by atoms with van der Waals surface area (Å²) in [6.07, 6.45) is 23.3. The number of allylic oxidation sites excluding steroid dienone is 1. The molecule has 3 nitrogen and oxygen atoms in total. The van der Waals surface area contributed by atoms with Crippen LogP contribution in [0.5, 0.6) is 0 Å². The van der Waals surface area contributed by atoms with Crippen LogP contribution >= 0.6 is 0 Å². The van der Waals surface area contributed by atoms with Gasteiger partial charge in [-0.2, -0.15) is 0 Å². The van der Waals surface area contributed by atoms with Crippen LogP contribution in [0.3, 0.4) is 0 Å². The molecule has 0 amide bonds. The van der Waals surface area contributed by atoms with Crippen molar-refractivity contribution in [3.05, 3.63) is 11.8 Å². The predicted octanol–water partition coefficient (Wildman–Crippen LogP) is 7.64. The maximum atomic E-state index is 11.2. The fraction of sp³-hybridized carbons (Fsp3) is 0.875. The smallest absolute Gasteiger partial charge is 0.313 e. The van der Waals surface area contributed by atoms with Crippen molar-refractivity contribution in [2.24, 2.45) is 5.92 Å². The van der Waals surface area contributed by atoms with Gasteiger partial charge in [-0.05, 0) is 18.9 Å². The summed E-state index contributed by atoms with van der Waals surface area (Å²) >= 11 is 0. The van der Waals surface area contributed by atoms with E-state index >= 15 is 0 Å². The molecule has 0 aromatic rings. The van der Waals surface area contributed by atoms with Gasteiger partial charge in [-0.3, -0.25) is 4.79 Å². The number of esters is 1. The second-order valence-corrected chi connectivity index (χ2v) is 8.27. The van der Waals surface area contributed by atoms with Crippen LogP contribution in [0.4, 0.5) is 0 Å². The first kappa shape index (κ1) is 24.0. The van der Waals surface area contributed by atoms with E-state index in [-0.39, 0.29) is 18.0 Å². The molecule has 158 valence electrons. The molecule has 1 aliphatic rings. The number of aliphatic hydroxyl groups excluding tert-OH is 1. The molecule has 0 saturated carbocycles. The Kier molecular flexibility index (Phi) is 14.3. The van der Waals surface area contributed by atoms with Crippen LogP contribution in [0.25, 0.3) is 0 Å². The molecule has 1 rings (SSSR count). The number of cyclic esters (lactones) is 1. The lowest BCUT2D eigenvalue weighted by molar-refractivity contribution is -0.178. The summed E-state index contributed by atoms with van der Waals surface area (Å²) in [5.41, 5.74) is 0. The third kappa shape index (κ3) is 11.4.